The molecule has 0 spiro atoms. The number of fused-ring (bicyclic) bond motifs is 1. The number of ether oxygens (including phenoxy) is 1. The molecule has 0 aliphatic heterocycles. The molecule has 3 N–H and O–H groups in total. The predicted molar refractivity (Wildman–Crippen MR) is 99.8 cm³/mol. The lowest BCUT2D eigenvalue weighted by Crippen LogP contribution is -2.49. The maximum absolute atomic E-state index is 12.0. The fourth-order valence-electron chi connectivity index (χ4n) is 2.27. The third-order valence-corrected chi connectivity index (χ3v) is 3.63. The largest absolute Gasteiger partial charge is 0.466 e. The molecule has 0 fully saturated rings. The molecule has 1 aromatic heterocycles. The minimum absolute atomic E-state index is 0.0324. The van der Waals surface area contributed by atoms with Crippen molar-refractivity contribution in [2.75, 3.05) is 6.61 Å². The molecule has 0 aliphatic rings. The number of nitrogens with one attached hydrogen (secondary N) is 3. The zero-order chi connectivity index (χ0) is 18.9. The molecule has 26 heavy (non-hydrogen) atoms. The minimum Gasteiger partial charge on any atom is -0.466 e. The van der Waals surface area contributed by atoms with Crippen LogP contribution in [0.3, 0.4) is 0 Å². The van der Waals surface area contributed by atoms with Crippen molar-refractivity contribution in [2.45, 2.75) is 26.3 Å². The standard InChI is InChI=1S/C17H20N4O4S/c1-2-25-16(24)8-7-14(22)18-17(26)20-19-15(23)11-21-10-9-12-5-3-4-6-13(12)21/h3-6,9-10H,2,7-8,11H2,1H3,(H,19,23)(H2,18,20,22,26). The van der Waals surface area contributed by atoms with Crippen molar-refractivity contribution in [1.82, 2.24) is 20.7 Å². The molecule has 0 unspecified atom stereocenters. The summed E-state index contributed by atoms with van der Waals surface area (Å²) in [7, 11) is 0. The number of esters is 1. The summed E-state index contributed by atoms with van der Waals surface area (Å²) in [6.45, 7) is 2.05. The van der Waals surface area contributed by atoms with Gasteiger partial charge in [0.1, 0.15) is 6.54 Å². The lowest BCUT2D eigenvalue weighted by atomic mass is 10.2. The highest BCUT2D eigenvalue weighted by Gasteiger charge is 2.10. The molecule has 138 valence electrons. The van der Waals surface area contributed by atoms with Gasteiger partial charge in [0.05, 0.1) is 13.0 Å². The number of rotatable bonds is 6. The van der Waals surface area contributed by atoms with E-state index in [1.807, 2.05) is 36.5 Å². The van der Waals surface area contributed by atoms with Gasteiger partial charge in [-0.05, 0) is 36.7 Å². The van der Waals surface area contributed by atoms with Gasteiger partial charge in [-0.2, -0.15) is 0 Å². The Morgan fingerprint density at radius 3 is 2.62 bits per heavy atom. The van der Waals surface area contributed by atoms with E-state index in [1.54, 1.807) is 11.5 Å². The zero-order valence-corrected chi connectivity index (χ0v) is 15.1. The first-order valence-corrected chi connectivity index (χ1v) is 8.48. The summed E-state index contributed by atoms with van der Waals surface area (Å²) >= 11 is 4.92. The molecule has 1 aromatic carbocycles. The van der Waals surface area contributed by atoms with Crippen LogP contribution in [0, 0.1) is 0 Å². The Kier molecular flexibility index (Phi) is 7.10. The summed E-state index contributed by atoms with van der Waals surface area (Å²) in [5.74, 6) is -1.22. The van der Waals surface area contributed by atoms with E-state index >= 15 is 0 Å². The Morgan fingerprint density at radius 1 is 1.08 bits per heavy atom. The average molecular weight is 376 g/mol. The SMILES string of the molecule is CCOC(=O)CCC(=O)NC(=S)NNC(=O)Cn1ccc2ccccc21. The van der Waals surface area contributed by atoms with Gasteiger partial charge < -0.3 is 14.6 Å². The quantitative estimate of drug-likeness (QED) is 0.395. The summed E-state index contributed by atoms with van der Waals surface area (Å²) in [5, 5.41) is 3.36. The van der Waals surface area contributed by atoms with E-state index < -0.39 is 11.9 Å². The van der Waals surface area contributed by atoms with Crippen LogP contribution in [0.1, 0.15) is 19.8 Å². The van der Waals surface area contributed by atoms with E-state index in [-0.39, 0.29) is 37.0 Å². The fraction of sp³-hybridized carbons (Fsp3) is 0.294. The zero-order valence-electron chi connectivity index (χ0n) is 14.3. The van der Waals surface area contributed by atoms with Crippen LogP contribution in [0.15, 0.2) is 36.5 Å². The summed E-state index contributed by atoms with van der Waals surface area (Å²) in [5.41, 5.74) is 5.82. The predicted octanol–water partition coefficient (Wildman–Crippen LogP) is 1.01. The first-order chi connectivity index (χ1) is 12.5. The normalized spacial score (nSPS) is 10.2. The molecule has 0 saturated heterocycles. The summed E-state index contributed by atoms with van der Waals surface area (Å²) in [6, 6.07) is 9.63. The highest BCUT2D eigenvalue weighted by molar-refractivity contribution is 7.80. The lowest BCUT2D eigenvalue weighted by Gasteiger charge is -2.11. The van der Waals surface area contributed by atoms with Gasteiger partial charge in [0, 0.05) is 18.1 Å². The van der Waals surface area contributed by atoms with Crippen molar-refractivity contribution >= 4 is 46.0 Å². The maximum Gasteiger partial charge on any atom is 0.306 e. The molecule has 0 atom stereocenters. The number of para-hydroxylation sites is 1. The minimum atomic E-state index is -0.450. The van der Waals surface area contributed by atoms with Gasteiger partial charge in [-0.25, -0.2) is 0 Å². The number of carbonyl (C=O) groups excluding carboxylic acids is 3. The van der Waals surface area contributed by atoms with Crippen LogP contribution in [-0.2, 0) is 25.7 Å². The van der Waals surface area contributed by atoms with Crippen molar-refractivity contribution in [3.05, 3.63) is 36.5 Å². The third kappa shape index (κ3) is 5.85. The van der Waals surface area contributed by atoms with Crippen LogP contribution in [0.25, 0.3) is 10.9 Å². The van der Waals surface area contributed by atoms with Crippen molar-refractivity contribution in [2.24, 2.45) is 0 Å². The highest BCUT2D eigenvalue weighted by Crippen LogP contribution is 2.14. The smallest absolute Gasteiger partial charge is 0.306 e. The first kappa shape index (κ1) is 19.4. The Labute approximate surface area is 155 Å². The molecule has 2 aromatic rings. The second kappa shape index (κ2) is 9.52. The number of thiocarbonyl (C=S) groups is 1. The van der Waals surface area contributed by atoms with Crippen molar-refractivity contribution < 1.29 is 19.1 Å². The Bertz CT molecular complexity index is 818. The van der Waals surface area contributed by atoms with Crippen LogP contribution in [0.2, 0.25) is 0 Å². The number of amides is 2. The molecule has 1 heterocycles. The average Bonchev–Trinajstić information content (AvgIpc) is 3.02. The number of benzene rings is 1. The van der Waals surface area contributed by atoms with Gasteiger partial charge in [-0.1, -0.05) is 18.2 Å². The number of hydrogen-bond donors (Lipinski definition) is 3. The molecule has 0 radical (unpaired) electrons. The van der Waals surface area contributed by atoms with E-state index in [1.165, 1.54) is 0 Å². The van der Waals surface area contributed by atoms with Crippen LogP contribution in [0.5, 0.6) is 0 Å². The number of nitrogens with zero attached hydrogens (tertiary/aromatic N) is 1. The molecule has 0 aliphatic carbocycles. The van der Waals surface area contributed by atoms with Crippen LogP contribution in [0.4, 0.5) is 0 Å². The molecule has 9 heteroatoms. The monoisotopic (exact) mass is 376 g/mol. The third-order valence-electron chi connectivity index (χ3n) is 3.42. The summed E-state index contributed by atoms with van der Waals surface area (Å²) in [6.07, 6.45) is 1.74. The number of hydrogen-bond acceptors (Lipinski definition) is 5. The second-order valence-corrected chi connectivity index (χ2v) is 5.77. The molecular weight excluding hydrogens is 356 g/mol. The van der Waals surface area contributed by atoms with E-state index in [9.17, 15) is 14.4 Å². The number of carbonyl (C=O) groups is 3. The molecule has 0 bridgehead atoms. The van der Waals surface area contributed by atoms with Crippen LogP contribution < -0.4 is 16.2 Å². The van der Waals surface area contributed by atoms with E-state index in [2.05, 4.69) is 16.2 Å². The van der Waals surface area contributed by atoms with Crippen LogP contribution >= 0.6 is 12.2 Å². The Morgan fingerprint density at radius 2 is 1.85 bits per heavy atom. The maximum atomic E-state index is 12.0. The van der Waals surface area contributed by atoms with Gasteiger partial charge in [0.2, 0.25) is 5.91 Å². The van der Waals surface area contributed by atoms with Crippen molar-refractivity contribution in [3.8, 4) is 0 Å². The van der Waals surface area contributed by atoms with Crippen LogP contribution in [-0.4, -0.2) is 34.1 Å². The highest BCUT2D eigenvalue weighted by atomic mass is 32.1. The molecule has 8 nitrogen and oxygen atoms in total. The second-order valence-electron chi connectivity index (χ2n) is 5.36. The van der Waals surface area contributed by atoms with Gasteiger partial charge in [0.15, 0.2) is 5.11 Å². The Hall–Kier alpha value is -2.94. The number of aromatic nitrogens is 1. The summed E-state index contributed by atoms with van der Waals surface area (Å²) < 4.78 is 6.53. The van der Waals surface area contributed by atoms with E-state index in [0.717, 1.165) is 10.9 Å². The van der Waals surface area contributed by atoms with E-state index in [4.69, 9.17) is 17.0 Å². The molecular formula is C17H20N4O4S. The van der Waals surface area contributed by atoms with Gasteiger partial charge in [-0.3, -0.25) is 25.2 Å². The molecule has 2 amide bonds. The Balaban J connectivity index is 1.72. The van der Waals surface area contributed by atoms with Gasteiger partial charge in [0.25, 0.3) is 5.91 Å². The molecule has 2 rings (SSSR count). The topological polar surface area (TPSA) is 101 Å². The van der Waals surface area contributed by atoms with E-state index in [0.29, 0.717) is 0 Å². The fourth-order valence-corrected chi connectivity index (χ4v) is 2.43. The van der Waals surface area contributed by atoms with Crippen molar-refractivity contribution in [3.63, 3.8) is 0 Å². The van der Waals surface area contributed by atoms with Gasteiger partial charge >= 0.3 is 5.97 Å². The van der Waals surface area contributed by atoms with Crippen molar-refractivity contribution in [1.29, 1.82) is 0 Å². The molecule has 0 saturated carbocycles. The lowest BCUT2D eigenvalue weighted by molar-refractivity contribution is -0.144. The first-order valence-electron chi connectivity index (χ1n) is 8.07. The summed E-state index contributed by atoms with van der Waals surface area (Å²) in [4.78, 5) is 34.8. The van der Waals surface area contributed by atoms with Gasteiger partial charge in [-0.15, -0.1) is 0 Å². The number of hydrazine groups is 1.